The highest BCUT2D eigenvalue weighted by molar-refractivity contribution is 5.88. The summed E-state index contributed by atoms with van der Waals surface area (Å²) >= 11 is 0. The Hall–Kier alpha value is -3.09. The third-order valence-corrected chi connectivity index (χ3v) is 2.98. The summed E-state index contributed by atoms with van der Waals surface area (Å²) in [7, 11) is 0. The minimum atomic E-state index is -1.05. The van der Waals surface area contributed by atoms with Gasteiger partial charge < -0.3 is 9.63 Å². The van der Waals surface area contributed by atoms with E-state index in [0.29, 0.717) is 5.56 Å². The number of carboxylic acids is 1. The van der Waals surface area contributed by atoms with Crippen molar-refractivity contribution in [1.29, 1.82) is 0 Å². The number of halogens is 2. The molecule has 1 N–H and O–H groups in total. The number of hydrogen-bond donors (Lipinski definition) is 1. The molecule has 0 saturated heterocycles. The molecule has 0 aliphatic carbocycles. The summed E-state index contributed by atoms with van der Waals surface area (Å²) in [6.07, 6.45) is 0. The first-order valence-corrected chi connectivity index (χ1v) is 6.17. The smallest absolute Gasteiger partial charge is 0.335 e. The van der Waals surface area contributed by atoms with Crippen LogP contribution in [-0.2, 0) is 0 Å². The summed E-state index contributed by atoms with van der Waals surface area (Å²) in [5.41, 5.74) is 0.627. The molecular weight excluding hydrogens is 294 g/mol. The highest BCUT2D eigenvalue weighted by atomic mass is 19.1. The van der Waals surface area contributed by atoms with Crippen molar-refractivity contribution >= 4 is 5.97 Å². The Morgan fingerprint density at radius 1 is 1.09 bits per heavy atom. The van der Waals surface area contributed by atoms with E-state index >= 15 is 0 Å². The molecule has 2 aromatic carbocycles. The Morgan fingerprint density at radius 2 is 1.82 bits per heavy atom. The average molecular weight is 302 g/mol. The van der Waals surface area contributed by atoms with E-state index in [1.165, 1.54) is 30.3 Å². The van der Waals surface area contributed by atoms with E-state index < -0.39 is 17.6 Å². The van der Waals surface area contributed by atoms with Crippen LogP contribution in [0.15, 0.2) is 47.0 Å². The fourth-order valence-electron chi connectivity index (χ4n) is 1.87. The van der Waals surface area contributed by atoms with Crippen molar-refractivity contribution in [2.24, 2.45) is 0 Å². The molecule has 3 rings (SSSR count). The van der Waals surface area contributed by atoms with Gasteiger partial charge in [0.1, 0.15) is 11.6 Å². The van der Waals surface area contributed by atoms with Crippen molar-refractivity contribution in [2.45, 2.75) is 0 Å². The zero-order valence-electron chi connectivity index (χ0n) is 11.0. The predicted octanol–water partition coefficient (Wildman–Crippen LogP) is 3.38. The van der Waals surface area contributed by atoms with E-state index in [2.05, 4.69) is 10.1 Å². The number of hydrogen-bond acceptors (Lipinski definition) is 4. The van der Waals surface area contributed by atoms with Crippen LogP contribution in [-0.4, -0.2) is 21.2 Å². The van der Waals surface area contributed by atoms with Crippen LogP contribution in [0, 0.1) is 11.6 Å². The number of carboxylic acid groups (broad SMARTS) is 1. The van der Waals surface area contributed by atoms with Gasteiger partial charge in [-0.25, -0.2) is 13.6 Å². The molecule has 0 unspecified atom stereocenters. The molecule has 110 valence electrons. The summed E-state index contributed by atoms with van der Waals surface area (Å²) in [5, 5.41) is 12.5. The maximum Gasteiger partial charge on any atom is 0.335 e. The Morgan fingerprint density at radius 3 is 2.45 bits per heavy atom. The van der Waals surface area contributed by atoms with Crippen molar-refractivity contribution in [3.63, 3.8) is 0 Å². The molecule has 0 bridgehead atoms. The lowest BCUT2D eigenvalue weighted by molar-refractivity contribution is 0.0697. The Labute approximate surface area is 122 Å². The molecule has 7 heteroatoms. The molecule has 1 heterocycles. The zero-order valence-corrected chi connectivity index (χ0v) is 11.0. The van der Waals surface area contributed by atoms with Crippen molar-refractivity contribution in [3.8, 4) is 22.8 Å². The van der Waals surface area contributed by atoms with E-state index in [1.807, 2.05) is 0 Å². The summed E-state index contributed by atoms with van der Waals surface area (Å²) in [5.74, 6) is -2.47. The van der Waals surface area contributed by atoms with E-state index in [9.17, 15) is 13.6 Å². The third kappa shape index (κ3) is 2.56. The molecule has 0 saturated carbocycles. The normalized spacial score (nSPS) is 10.6. The van der Waals surface area contributed by atoms with Crippen LogP contribution < -0.4 is 0 Å². The average Bonchev–Trinajstić information content (AvgIpc) is 2.97. The van der Waals surface area contributed by atoms with Crippen molar-refractivity contribution in [1.82, 2.24) is 10.1 Å². The van der Waals surface area contributed by atoms with Crippen molar-refractivity contribution < 1.29 is 23.2 Å². The van der Waals surface area contributed by atoms with Crippen LogP contribution in [0.1, 0.15) is 10.4 Å². The first kappa shape index (κ1) is 13.9. The van der Waals surface area contributed by atoms with Crippen LogP contribution in [0.5, 0.6) is 0 Å². The molecule has 0 aliphatic rings. The summed E-state index contributed by atoms with van der Waals surface area (Å²) in [6.45, 7) is 0. The fourth-order valence-corrected chi connectivity index (χ4v) is 1.87. The second-order valence-electron chi connectivity index (χ2n) is 4.43. The van der Waals surface area contributed by atoms with Gasteiger partial charge in [-0.05, 0) is 24.3 Å². The number of benzene rings is 2. The van der Waals surface area contributed by atoms with Gasteiger partial charge in [0, 0.05) is 11.6 Å². The number of carbonyl (C=O) groups is 1. The van der Waals surface area contributed by atoms with Crippen molar-refractivity contribution in [3.05, 3.63) is 59.7 Å². The monoisotopic (exact) mass is 302 g/mol. The van der Waals surface area contributed by atoms with Gasteiger partial charge in [-0.1, -0.05) is 17.3 Å². The maximum atomic E-state index is 13.7. The molecule has 0 radical (unpaired) electrons. The van der Waals surface area contributed by atoms with Gasteiger partial charge in [0.2, 0.25) is 5.82 Å². The molecule has 3 aromatic rings. The van der Waals surface area contributed by atoms with Crippen LogP contribution in [0.4, 0.5) is 8.78 Å². The van der Waals surface area contributed by atoms with Crippen LogP contribution in [0.3, 0.4) is 0 Å². The summed E-state index contributed by atoms with van der Waals surface area (Å²) in [4.78, 5) is 14.8. The molecule has 0 atom stereocenters. The topological polar surface area (TPSA) is 76.2 Å². The molecule has 22 heavy (non-hydrogen) atoms. The highest BCUT2D eigenvalue weighted by Gasteiger charge is 2.15. The van der Waals surface area contributed by atoms with E-state index in [0.717, 1.165) is 12.1 Å². The number of aromatic carboxylic acids is 1. The number of nitrogens with zero attached hydrogens (tertiary/aromatic N) is 2. The second-order valence-corrected chi connectivity index (χ2v) is 4.43. The molecule has 0 amide bonds. The van der Waals surface area contributed by atoms with Crippen molar-refractivity contribution in [2.75, 3.05) is 0 Å². The Balaban J connectivity index is 1.95. The molecular formula is C15H8F2N2O3. The van der Waals surface area contributed by atoms with Crippen LogP contribution in [0.25, 0.3) is 22.8 Å². The van der Waals surface area contributed by atoms with Gasteiger partial charge in [0.15, 0.2) is 0 Å². The maximum absolute atomic E-state index is 13.7. The van der Waals surface area contributed by atoms with Gasteiger partial charge in [0.05, 0.1) is 11.1 Å². The van der Waals surface area contributed by atoms with Gasteiger partial charge in [0.25, 0.3) is 5.89 Å². The second kappa shape index (κ2) is 5.36. The first-order valence-electron chi connectivity index (χ1n) is 6.17. The Bertz CT molecular complexity index is 844. The largest absolute Gasteiger partial charge is 0.478 e. The minimum Gasteiger partial charge on any atom is -0.478 e. The molecule has 0 fully saturated rings. The fraction of sp³-hybridized carbons (Fsp3) is 0. The number of aromatic nitrogens is 2. The molecule has 0 aliphatic heterocycles. The standard InChI is InChI=1S/C15H8F2N2O3/c16-10-5-6-11(12(17)7-10)14-18-13(19-22-14)8-1-3-9(4-2-8)15(20)21/h1-7H,(H,20,21). The predicted molar refractivity (Wildman–Crippen MR) is 72.0 cm³/mol. The van der Waals surface area contributed by atoms with E-state index in [-0.39, 0.29) is 22.8 Å². The SMILES string of the molecule is O=C(O)c1ccc(-c2noc(-c3ccc(F)cc3F)n2)cc1. The summed E-state index contributed by atoms with van der Waals surface area (Å²) < 4.78 is 31.5. The zero-order chi connectivity index (χ0) is 15.7. The van der Waals surface area contributed by atoms with E-state index in [4.69, 9.17) is 9.63 Å². The minimum absolute atomic E-state index is 0.0118. The van der Waals surface area contributed by atoms with Gasteiger partial charge >= 0.3 is 5.97 Å². The van der Waals surface area contributed by atoms with Gasteiger partial charge in [-0.3, -0.25) is 0 Å². The molecule has 5 nitrogen and oxygen atoms in total. The lowest BCUT2D eigenvalue weighted by Crippen LogP contribution is -1.95. The quantitative estimate of drug-likeness (QED) is 0.802. The lowest BCUT2D eigenvalue weighted by atomic mass is 10.1. The lowest BCUT2D eigenvalue weighted by Gasteiger charge is -1.97. The van der Waals surface area contributed by atoms with E-state index in [1.54, 1.807) is 0 Å². The third-order valence-electron chi connectivity index (χ3n) is 2.98. The Kier molecular flexibility index (Phi) is 3.38. The summed E-state index contributed by atoms with van der Waals surface area (Å²) in [6, 6.07) is 8.83. The molecule has 1 aromatic heterocycles. The molecule has 0 spiro atoms. The van der Waals surface area contributed by atoms with Crippen LogP contribution >= 0.6 is 0 Å². The highest BCUT2D eigenvalue weighted by Crippen LogP contribution is 2.25. The first-order chi connectivity index (χ1) is 10.5. The van der Waals surface area contributed by atoms with Crippen LogP contribution in [0.2, 0.25) is 0 Å². The van der Waals surface area contributed by atoms with Gasteiger partial charge in [-0.2, -0.15) is 4.98 Å². The number of rotatable bonds is 3. The van der Waals surface area contributed by atoms with Gasteiger partial charge in [-0.15, -0.1) is 0 Å².